The number of carboxylic acid groups (broad SMARTS) is 1. The van der Waals surface area contributed by atoms with E-state index < -0.39 is 14.8 Å². The van der Waals surface area contributed by atoms with E-state index in [9.17, 15) is 9.90 Å². The van der Waals surface area contributed by atoms with Crippen molar-refractivity contribution in [2.75, 3.05) is 47.5 Å². The van der Waals surface area contributed by atoms with Crippen LogP contribution in [0.15, 0.2) is 0 Å². The van der Waals surface area contributed by atoms with E-state index in [1.54, 1.807) is 7.11 Å². The third-order valence-electron chi connectivity index (χ3n) is 2.98. The van der Waals surface area contributed by atoms with Gasteiger partial charge in [0.25, 0.3) is 0 Å². The molecule has 0 unspecified atom stereocenters. The number of carbonyl (C=O) groups is 1. The molecule has 19 heavy (non-hydrogen) atoms. The first-order valence-corrected chi connectivity index (χ1v) is 8.59. The second-order valence-corrected chi connectivity index (χ2v) is 7.86. The molecular formula is C12H27NO5Si. The molecule has 0 fully saturated rings. The number of carbonyl (C=O) groups excluding carboxylic acids is 1. The molecule has 114 valence electrons. The second-order valence-electron chi connectivity index (χ2n) is 5.01. The van der Waals surface area contributed by atoms with E-state index in [1.807, 2.05) is 27.9 Å². The minimum atomic E-state index is -2.61. The van der Waals surface area contributed by atoms with Crippen LogP contribution in [0.2, 0.25) is 6.04 Å². The van der Waals surface area contributed by atoms with Gasteiger partial charge in [-0.15, -0.1) is 0 Å². The van der Waals surface area contributed by atoms with Crippen molar-refractivity contribution in [1.29, 1.82) is 0 Å². The molecule has 0 aromatic rings. The van der Waals surface area contributed by atoms with E-state index >= 15 is 0 Å². The van der Waals surface area contributed by atoms with E-state index in [1.165, 1.54) is 0 Å². The predicted octanol–water partition coefficient (Wildman–Crippen LogP) is -0.139. The first-order valence-electron chi connectivity index (χ1n) is 6.65. The van der Waals surface area contributed by atoms with Crippen LogP contribution >= 0.6 is 0 Å². The van der Waals surface area contributed by atoms with Gasteiger partial charge >= 0.3 is 8.80 Å². The first kappa shape index (κ1) is 18.5. The fourth-order valence-corrected chi connectivity index (χ4v) is 4.36. The van der Waals surface area contributed by atoms with Gasteiger partial charge in [0.15, 0.2) is 0 Å². The highest BCUT2D eigenvalue weighted by atomic mass is 28.4. The smallest absolute Gasteiger partial charge is 0.506 e. The molecule has 0 bridgehead atoms. The van der Waals surface area contributed by atoms with Crippen LogP contribution in [0.1, 0.15) is 20.3 Å². The Morgan fingerprint density at radius 3 is 2.05 bits per heavy atom. The summed E-state index contributed by atoms with van der Waals surface area (Å²) in [6.45, 7) is 6.19. The molecule has 0 aliphatic carbocycles. The number of nitrogens with zero attached hydrogens (tertiary/aromatic N) is 1. The van der Waals surface area contributed by atoms with Gasteiger partial charge in [0, 0.05) is 32.7 Å². The summed E-state index contributed by atoms with van der Waals surface area (Å²) < 4.78 is 17.5. The van der Waals surface area contributed by atoms with Gasteiger partial charge in [0.2, 0.25) is 0 Å². The van der Waals surface area contributed by atoms with Crippen LogP contribution in [0.25, 0.3) is 0 Å². The number of hydrogen-bond acceptors (Lipinski definition) is 5. The SMILES string of the molecule is CCO[Si](CC[N+](C)(C)CCC(=O)[O-])(OC)OCC. The summed E-state index contributed by atoms with van der Waals surface area (Å²) in [7, 11) is 2.96. The lowest BCUT2D eigenvalue weighted by Crippen LogP contribution is -2.51. The maximum atomic E-state index is 10.5. The second kappa shape index (κ2) is 8.65. The van der Waals surface area contributed by atoms with E-state index in [0.717, 1.165) is 6.54 Å². The molecule has 0 rings (SSSR count). The van der Waals surface area contributed by atoms with Gasteiger partial charge in [-0.05, 0) is 13.8 Å². The highest BCUT2D eigenvalue weighted by Gasteiger charge is 2.41. The van der Waals surface area contributed by atoms with Crippen LogP contribution in [-0.4, -0.2) is 66.8 Å². The largest absolute Gasteiger partial charge is 0.550 e. The average Bonchev–Trinajstić information content (AvgIpc) is 2.34. The zero-order valence-corrected chi connectivity index (χ0v) is 13.7. The van der Waals surface area contributed by atoms with Crippen molar-refractivity contribution in [2.45, 2.75) is 26.3 Å². The number of hydrogen-bond donors (Lipinski definition) is 0. The fraction of sp³-hybridized carbons (Fsp3) is 0.917. The molecule has 0 saturated carbocycles. The Kier molecular flexibility index (Phi) is 8.43. The maximum absolute atomic E-state index is 10.5. The van der Waals surface area contributed by atoms with E-state index in [4.69, 9.17) is 13.3 Å². The minimum Gasteiger partial charge on any atom is -0.550 e. The molecule has 0 spiro atoms. The summed E-state index contributed by atoms with van der Waals surface area (Å²) in [5.74, 6) is -1.02. The first-order chi connectivity index (χ1) is 8.81. The monoisotopic (exact) mass is 293 g/mol. The Morgan fingerprint density at radius 1 is 1.16 bits per heavy atom. The molecule has 0 aromatic heterocycles. The molecule has 0 aliphatic rings. The quantitative estimate of drug-likeness (QED) is 0.392. The highest BCUT2D eigenvalue weighted by molar-refractivity contribution is 6.60. The summed E-state index contributed by atoms with van der Waals surface area (Å²) in [6, 6.07) is 0.672. The third-order valence-corrected chi connectivity index (χ3v) is 5.90. The Bertz CT molecular complexity index is 267. The van der Waals surface area contributed by atoms with Gasteiger partial charge in [-0.2, -0.15) is 0 Å². The Labute approximate surface area is 117 Å². The lowest BCUT2D eigenvalue weighted by Gasteiger charge is -2.34. The number of carboxylic acids is 1. The summed E-state index contributed by atoms with van der Waals surface area (Å²) in [6.07, 6.45) is 0.0534. The van der Waals surface area contributed by atoms with Gasteiger partial charge in [-0.25, -0.2) is 0 Å². The van der Waals surface area contributed by atoms with Crippen molar-refractivity contribution >= 4 is 14.8 Å². The van der Waals surface area contributed by atoms with Crippen molar-refractivity contribution in [3.05, 3.63) is 0 Å². The van der Waals surface area contributed by atoms with Crippen LogP contribution in [0.5, 0.6) is 0 Å². The average molecular weight is 293 g/mol. The molecule has 0 radical (unpaired) electrons. The summed E-state index contributed by atoms with van der Waals surface area (Å²) in [5, 5.41) is 10.5. The zero-order valence-electron chi connectivity index (χ0n) is 12.7. The van der Waals surface area contributed by atoms with E-state index in [-0.39, 0.29) is 6.42 Å². The molecule has 7 heteroatoms. The Morgan fingerprint density at radius 2 is 1.68 bits per heavy atom. The van der Waals surface area contributed by atoms with Crippen molar-refractivity contribution in [1.82, 2.24) is 0 Å². The van der Waals surface area contributed by atoms with Gasteiger partial charge in [0.05, 0.1) is 33.2 Å². The lowest BCUT2D eigenvalue weighted by atomic mass is 10.3. The van der Waals surface area contributed by atoms with Crippen LogP contribution < -0.4 is 5.11 Å². The molecule has 0 saturated heterocycles. The van der Waals surface area contributed by atoms with Gasteiger partial charge < -0.3 is 27.7 Å². The molecule has 0 atom stereocenters. The number of aliphatic carboxylic acids is 1. The summed E-state index contributed by atoms with van der Waals surface area (Å²) in [5.41, 5.74) is 0. The lowest BCUT2D eigenvalue weighted by molar-refractivity contribution is -0.888. The van der Waals surface area contributed by atoms with Crippen molar-refractivity contribution in [2.24, 2.45) is 0 Å². The predicted molar refractivity (Wildman–Crippen MR) is 72.3 cm³/mol. The normalized spacial score (nSPS) is 12.7. The zero-order chi connectivity index (χ0) is 14.9. The fourth-order valence-electron chi connectivity index (χ4n) is 1.79. The molecular weight excluding hydrogens is 266 g/mol. The van der Waals surface area contributed by atoms with Crippen LogP contribution in [-0.2, 0) is 18.1 Å². The molecule has 0 amide bonds. The number of rotatable bonds is 11. The van der Waals surface area contributed by atoms with Crippen LogP contribution in [0.3, 0.4) is 0 Å². The maximum Gasteiger partial charge on any atom is 0.506 e. The van der Waals surface area contributed by atoms with Crippen molar-refractivity contribution < 1.29 is 27.7 Å². The van der Waals surface area contributed by atoms with Gasteiger partial charge in [-0.3, -0.25) is 0 Å². The summed E-state index contributed by atoms with van der Waals surface area (Å²) >= 11 is 0. The standard InChI is InChI=1S/C12H27NO5Si/c1-6-17-19(16-5,18-7-2)11-10-13(3,4)9-8-12(14)15/h6-11H2,1-5H3. The van der Waals surface area contributed by atoms with Gasteiger partial charge in [0.1, 0.15) is 0 Å². The molecule has 0 N–H and O–H groups in total. The van der Waals surface area contributed by atoms with Gasteiger partial charge in [-0.1, -0.05) is 0 Å². The highest BCUT2D eigenvalue weighted by Crippen LogP contribution is 2.17. The molecule has 0 heterocycles. The number of quaternary nitrogens is 1. The molecule has 0 aromatic carbocycles. The Hall–Kier alpha value is -0.473. The van der Waals surface area contributed by atoms with E-state index in [2.05, 4.69) is 0 Å². The van der Waals surface area contributed by atoms with E-state index in [0.29, 0.717) is 30.3 Å². The summed E-state index contributed by atoms with van der Waals surface area (Å²) in [4.78, 5) is 10.5. The Balaban J connectivity index is 4.47. The van der Waals surface area contributed by atoms with Crippen molar-refractivity contribution in [3.63, 3.8) is 0 Å². The van der Waals surface area contributed by atoms with Crippen molar-refractivity contribution in [3.8, 4) is 0 Å². The van der Waals surface area contributed by atoms with Crippen LogP contribution in [0.4, 0.5) is 0 Å². The molecule has 6 nitrogen and oxygen atoms in total. The van der Waals surface area contributed by atoms with Crippen LogP contribution in [0, 0.1) is 0 Å². The topological polar surface area (TPSA) is 67.8 Å². The minimum absolute atomic E-state index is 0.0534. The third kappa shape index (κ3) is 7.63. The molecule has 0 aliphatic heterocycles.